The summed E-state index contributed by atoms with van der Waals surface area (Å²) < 4.78 is 27.4. The summed E-state index contributed by atoms with van der Waals surface area (Å²) in [6.07, 6.45) is 2.06. The van der Waals surface area contributed by atoms with Crippen LogP contribution in [0.1, 0.15) is 43.4 Å². The first kappa shape index (κ1) is 23.1. The molecule has 1 saturated heterocycles. The minimum Gasteiger partial charge on any atom is -0.349 e. The highest BCUT2D eigenvalue weighted by Crippen LogP contribution is 2.29. The van der Waals surface area contributed by atoms with Crippen molar-refractivity contribution in [3.63, 3.8) is 0 Å². The SMILES string of the molecule is CC[C@H](NC(=O)[C@H]1CCCN(S(=O)(=O)Cc2c(Cl)cccc2Cl)C1)c1ccccc1. The lowest BCUT2D eigenvalue weighted by Crippen LogP contribution is -2.46. The molecule has 2 aromatic carbocycles. The molecule has 2 atom stereocenters. The van der Waals surface area contributed by atoms with Gasteiger partial charge < -0.3 is 5.32 Å². The average molecular weight is 469 g/mol. The fourth-order valence-corrected chi connectivity index (χ4v) is 6.11. The number of benzene rings is 2. The Kier molecular flexibility index (Phi) is 7.80. The standard InChI is InChI=1S/C22H26Cl2N2O3S/c1-2-21(16-8-4-3-5-9-16)25-22(27)17-10-7-13-26(14-17)30(28,29)15-18-19(23)11-6-12-20(18)24/h3-6,8-9,11-12,17,21H,2,7,10,13-15H2,1H3,(H,25,27)/t17-,21-/m0/s1. The molecule has 3 rings (SSSR count). The number of hydrogen-bond donors (Lipinski definition) is 1. The maximum atomic E-state index is 13.0. The van der Waals surface area contributed by atoms with Crippen molar-refractivity contribution in [2.45, 2.75) is 38.0 Å². The van der Waals surface area contributed by atoms with Gasteiger partial charge in [0.15, 0.2) is 0 Å². The topological polar surface area (TPSA) is 66.5 Å². The second-order valence-corrected chi connectivity index (χ2v) is 10.3. The Bertz CT molecular complexity index is 963. The van der Waals surface area contributed by atoms with Crippen LogP contribution in [0.4, 0.5) is 0 Å². The Hall–Kier alpha value is -1.60. The van der Waals surface area contributed by atoms with E-state index in [0.29, 0.717) is 35.0 Å². The zero-order valence-corrected chi connectivity index (χ0v) is 19.2. The van der Waals surface area contributed by atoms with E-state index in [1.165, 1.54) is 4.31 Å². The third-order valence-corrected chi connectivity index (χ3v) is 7.94. The van der Waals surface area contributed by atoms with E-state index in [1.54, 1.807) is 18.2 Å². The zero-order valence-electron chi connectivity index (χ0n) is 16.9. The number of carbonyl (C=O) groups excluding carboxylic acids is 1. The zero-order chi connectivity index (χ0) is 21.7. The lowest BCUT2D eigenvalue weighted by molar-refractivity contribution is -0.126. The fraction of sp³-hybridized carbons (Fsp3) is 0.409. The summed E-state index contributed by atoms with van der Waals surface area (Å²) in [4.78, 5) is 12.9. The van der Waals surface area contributed by atoms with E-state index >= 15 is 0 Å². The van der Waals surface area contributed by atoms with Crippen molar-refractivity contribution in [3.8, 4) is 0 Å². The van der Waals surface area contributed by atoms with Crippen LogP contribution in [0.25, 0.3) is 0 Å². The molecule has 1 fully saturated rings. The molecule has 1 aliphatic rings. The first-order valence-corrected chi connectivity index (χ1v) is 12.4. The van der Waals surface area contributed by atoms with E-state index in [2.05, 4.69) is 5.32 Å². The molecule has 0 aromatic heterocycles. The molecule has 0 unspecified atom stereocenters. The van der Waals surface area contributed by atoms with Gasteiger partial charge in [-0.05, 0) is 37.0 Å². The molecular formula is C22H26Cl2N2O3S. The van der Waals surface area contributed by atoms with Gasteiger partial charge in [-0.2, -0.15) is 0 Å². The molecule has 1 amide bonds. The molecule has 1 heterocycles. The first-order chi connectivity index (χ1) is 14.3. The highest BCUT2D eigenvalue weighted by Gasteiger charge is 2.33. The third kappa shape index (κ3) is 5.55. The largest absolute Gasteiger partial charge is 0.349 e. The fourth-order valence-electron chi connectivity index (χ4n) is 3.75. The van der Waals surface area contributed by atoms with Gasteiger partial charge in [-0.25, -0.2) is 12.7 Å². The second-order valence-electron chi connectivity index (χ2n) is 7.53. The van der Waals surface area contributed by atoms with E-state index < -0.39 is 10.0 Å². The molecule has 0 saturated carbocycles. The van der Waals surface area contributed by atoms with Crippen LogP contribution in [0.15, 0.2) is 48.5 Å². The van der Waals surface area contributed by atoms with Gasteiger partial charge in [0.05, 0.1) is 17.7 Å². The average Bonchev–Trinajstić information content (AvgIpc) is 2.75. The summed E-state index contributed by atoms with van der Waals surface area (Å²) in [6, 6.07) is 14.6. The van der Waals surface area contributed by atoms with Gasteiger partial charge >= 0.3 is 0 Å². The summed E-state index contributed by atoms with van der Waals surface area (Å²) in [5.41, 5.74) is 1.43. The van der Waals surface area contributed by atoms with Crippen molar-refractivity contribution < 1.29 is 13.2 Å². The molecule has 1 N–H and O–H groups in total. The van der Waals surface area contributed by atoms with E-state index in [4.69, 9.17) is 23.2 Å². The molecule has 30 heavy (non-hydrogen) atoms. The molecule has 0 spiro atoms. The molecule has 1 aliphatic heterocycles. The lowest BCUT2D eigenvalue weighted by atomic mass is 9.97. The normalized spacial score (nSPS) is 18.7. The molecule has 0 radical (unpaired) electrons. The van der Waals surface area contributed by atoms with Crippen LogP contribution in [0.2, 0.25) is 10.0 Å². The van der Waals surface area contributed by atoms with Crippen LogP contribution in [-0.2, 0) is 20.6 Å². The van der Waals surface area contributed by atoms with Gasteiger partial charge in [0.25, 0.3) is 0 Å². The second kappa shape index (κ2) is 10.1. The van der Waals surface area contributed by atoms with Crippen molar-refractivity contribution in [2.75, 3.05) is 13.1 Å². The highest BCUT2D eigenvalue weighted by molar-refractivity contribution is 7.88. The van der Waals surface area contributed by atoms with E-state index in [0.717, 1.165) is 12.0 Å². The molecule has 8 heteroatoms. The number of amides is 1. The van der Waals surface area contributed by atoms with Crippen LogP contribution in [0.3, 0.4) is 0 Å². The quantitative estimate of drug-likeness (QED) is 0.634. The summed E-state index contributed by atoms with van der Waals surface area (Å²) in [5, 5.41) is 3.74. The Morgan fingerprint density at radius 2 is 1.80 bits per heavy atom. The summed E-state index contributed by atoms with van der Waals surface area (Å²) in [6.45, 7) is 2.58. The van der Waals surface area contributed by atoms with Crippen molar-refractivity contribution in [1.29, 1.82) is 0 Å². The van der Waals surface area contributed by atoms with Gasteiger partial charge in [0.1, 0.15) is 0 Å². The van der Waals surface area contributed by atoms with E-state index in [1.807, 2.05) is 37.3 Å². The Morgan fingerprint density at radius 3 is 2.43 bits per heavy atom. The number of halogens is 2. The number of nitrogens with zero attached hydrogens (tertiary/aromatic N) is 1. The Morgan fingerprint density at radius 1 is 1.13 bits per heavy atom. The molecular weight excluding hydrogens is 443 g/mol. The Labute approximate surface area is 188 Å². The number of nitrogens with one attached hydrogen (secondary N) is 1. The van der Waals surface area contributed by atoms with Gasteiger partial charge in [-0.1, -0.05) is 66.5 Å². The number of rotatable bonds is 7. The smallest absolute Gasteiger partial charge is 0.224 e. The lowest BCUT2D eigenvalue weighted by Gasteiger charge is -2.32. The van der Waals surface area contributed by atoms with Crippen LogP contribution in [0, 0.1) is 5.92 Å². The summed E-state index contributed by atoms with van der Waals surface area (Å²) >= 11 is 12.3. The predicted molar refractivity (Wildman–Crippen MR) is 121 cm³/mol. The van der Waals surface area contributed by atoms with Crippen molar-refractivity contribution in [1.82, 2.24) is 9.62 Å². The van der Waals surface area contributed by atoms with Crippen LogP contribution in [0.5, 0.6) is 0 Å². The molecule has 0 bridgehead atoms. The van der Waals surface area contributed by atoms with Crippen LogP contribution < -0.4 is 5.32 Å². The minimum absolute atomic E-state index is 0.0902. The molecule has 2 aromatic rings. The maximum absolute atomic E-state index is 13.0. The minimum atomic E-state index is -3.65. The molecule has 162 valence electrons. The van der Waals surface area contributed by atoms with Crippen LogP contribution in [-0.4, -0.2) is 31.7 Å². The predicted octanol–water partition coefficient (Wildman–Crippen LogP) is 4.80. The molecule has 0 aliphatic carbocycles. The van der Waals surface area contributed by atoms with Gasteiger partial charge in [-0.3, -0.25) is 4.79 Å². The number of piperidine rings is 1. The van der Waals surface area contributed by atoms with Crippen molar-refractivity contribution in [2.24, 2.45) is 5.92 Å². The number of carbonyl (C=O) groups is 1. The summed E-state index contributed by atoms with van der Waals surface area (Å²) in [5.74, 6) is -0.768. The monoisotopic (exact) mass is 468 g/mol. The van der Waals surface area contributed by atoms with Crippen molar-refractivity contribution in [3.05, 3.63) is 69.7 Å². The number of hydrogen-bond acceptors (Lipinski definition) is 3. The van der Waals surface area contributed by atoms with E-state index in [-0.39, 0.29) is 30.2 Å². The van der Waals surface area contributed by atoms with Crippen molar-refractivity contribution >= 4 is 39.1 Å². The highest BCUT2D eigenvalue weighted by atomic mass is 35.5. The van der Waals surface area contributed by atoms with E-state index in [9.17, 15) is 13.2 Å². The van der Waals surface area contributed by atoms with Crippen LogP contribution >= 0.6 is 23.2 Å². The Balaban J connectivity index is 1.69. The van der Waals surface area contributed by atoms with Gasteiger partial charge in [0, 0.05) is 28.7 Å². The summed E-state index contributed by atoms with van der Waals surface area (Å²) in [7, 11) is -3.65. The van der Waals surface area contributed by atoms with Gasteiger partial charge in [-0.15, -0.1) is 0 Å². The molecule has 5 nitrogen and oxygen atoms in total. The van der Waals surface area contributed by atoms with Gasteiger partial charge in [0.2, 0.25) is 15.9 Å². The maximum Gasteiger partial charge on any atom is 0.224 e. The first-order valence-electron chi connectivity index (χ1n) is 10.1. The number of sulfonamides is 1. The third-order valence-electron chi connectivity index (χ3n) is 5.46.